The number of hydrogen-bond acceptors (Lipinski definition) is 5. The van der Waals surface area contributed by atoms with E-state index in [9.17, 15) is 18.7 Å². The molecule has 5 rings (SSSR count). The topological polar surface area (TPSA) is 90.2 Å². The zero-order valence-corrected chi connectivity index (χ0v) is 18.1. The monoisotopic (exact) mass is 462 g/mol. The molecule has 2 unspecified atom stereocenters. The maximum atomic E-state index is 14.8. The fourth-order valence-electron chi connectivity index (χ4n) is 4.12. The molecule has 0 bridgehead atoms. The summed E-state index contributed by atoms with van der Waals surface area (Å²) in [6.07, 6.45) is 5.76. The van der Waals surface area contributed by atoms with Crippen molar-refractivity contribution >= 4 is 5.65 Å². The van der Waals surface area contributed by atoms with Crippen molar-refractivity contribution < 1.29 is 13.9 Å². The number of aromatic nitrogens is 6. The molecule has 172 valence electrons. The van der Waals surface area contributed by atoms with E-state index in [0.29, 0.717) is 17.4 Å². The van der Waals surface area contributed by atoms with Crippen LogP contribution in [0.4, 0.5) is 8.78 Å². The highest BCUT2D eigenvalue weighted by Gasteiger charge is 2.41. The minimum absolute atomic E-state index is 0.167. The van der Waals surface area contributed by atoms with Gasteiger partial charge >= 0.3 is 5.69 Å². The lowest BCUT2D eigenvalue weighted by Gasteiger charge is -2.35. The Bertz CT molecular complexity index is 1510. The molecule has 5 aromatic rings. The van der Waals surface area contributed by atoms with Crippen molar-refractivity contribution in [1.82, 2.24) is 28.7 Å². The van der Waals surface area contributed by atoms with Crippen molar-refractivity contribution in [2.75, 3.05) is 0 Å². The predicted octanol–water partition coefficient (Wildman–Crippen LogP) is 3.18. The summed E-state index contributed by atoms with van der Waals surface area (Å²) in [6.45, 7) is 1.36. The normalized spacial score (nSPS) is 14.2. The van der Waals surface area contributed by atoms with Crippen molar-refractivity contribution in [3.05, 3.63) is 107 Å². The summed E-state index contributed by atoms with van der Waals surface area (Å²) in [4.78, 5) is 21.8. The molecule has 0 aliphatic heterocycles. The summed E-state index contributed by atoms with van der Waals surface area (Å²) >= 11 is 0. The third kappa shape index (κ3) is 3.67. The fraction of sp³-hybridized carbons (Fsp3) is 0.167. The summed E-state index contributed by atoms with van der Waals surface area (Å²) in [5.74, 6) is -1.71. The Balaban J connectivity index is 1.63. The second-order valence-corrected chi connectivity index (χ2v) is 8.04. The van der Waals surface area contributed by atoms with Crippen LogP contribution < -0.4 is 5.69 Å². The number of imidazole rings is 1. The molecule has 34 heavy (non-hydrogen) atoms. The Morgan fingerprint density at radius 1 is 1.12 bits per heavy atom. The smallest absolute Gasteiger partial charge is 0.334 e. The van der Waals surface area contributed by atoms with Gasteiger partial charge in [0.15, 0.2) is 0 Å². The van der Waals surface area contributed by atoms with E-state index in [0.717, 1.165) is 11.6 Å². The summed E-state index contributed by atoms with van der Waals surface area (Å²) in [5, 5.41) is 15.8. The lowest BCUT2D eigenvalue weighted by atomic mass is 9.86. The van der Waals surface area contributed by atoms with E-state index in [1.807, 2.05) is 30.3 Å². The number of rotatable bonds is 6. The maximum Gasteiger partial charge on any atom is 0.334 e. The fourth-order valence-corrected chi connectivity index (χ4v) is 4.12. The van der Waals surface area contributed by atoms with E-state index in [1.165, 1.54) is 38.6 Å². The number of fused-ring (bicyclic) bond motifs is 1. The Hall–Kier alpha value is -4.18. The molecular formula is C24H20F2N6O2. The van der Waals surface area contributed by atoms with Gasteiger partial charge in [0.2, 0.25) is 0 Å². The zero-order valence-electron chi connectivity index (χ0n) is 18.1. The molecule has 10 heteroatoms. The van der Waals surface area contributed by atoms with Crippen molar-refractivity contribution in [3.8, 4) is 11.3 Å². The molecule has 0 saturated heterocycles. The standard InChI is InChI=1S/C24H20F2N6O2/c1-16(24(34,13-30-15-27-14-28-30)19-8-7-18(25)11-20(19)26)31-10-9-22-29-21(12-32(22)23(31)33)17-5-3-2-4-6-17/h2-12,14-16,34H,13H2,1H3. The van der Waals surface area contributed by atoms with Crippen molar-refractivity contribution in [3.63, 3.8) is 0 Å². The summed E-state index contributed by atoms with van der Waals surface area (Å²) in [7, 11) is 0. The van der Waals surface area contributed by atoms with Gasteiger partial charge in [0.25, 0.3) is 0 Å². The lowest BCUT2D eigenvalue weighted by Crippen LogP contribution is -2.44. The van der Waals surface area contributed by atoms with Gasteiger partial charge in [0.1, 0.15) is 35.5 Å². The summed E-state index contributed by atoms with van der Waals surface area (Å²) < 4.78 is 32.4. The molecule has 3 aromatic heterocycles. The van der Waals surface area contributed by atoms with E-state index in [4.69, 9.17) is 0 Å². The molecule has 2 aromatic carbocycles. The molecule has 0 radical (unpaired) electrons. The zero-order chi connectivity index (χ0) is 23.9. The minimum atomic E-state index is -1.97. The van der Waals surface area contributed by atoms with Crippen LogP contribution in [0.25, 0.3) is 16.9 Å². The largest absolute Gasteiger partial charge is 0.381 e. The lowest BCUT2D eigenvalue weighted by molar-refractivity contribution is -0.0346. The summed E-state index contributed by atoms with van der Waals surface area (Å²) in [6, 6.07) is 13.0. The first kappa shape index (κ1) is 21.7. The highest BCUT2D eigenvalue weighted by Crippen LogP contribution is 2.36. The van der Waals surface area contributed by atoms with Gasteiger partial charge in [-0.25, -0.2) is 28.2 Å². The van der Waals surface area contributed by atoms with Crippen LogP contribution in [-0.2, 0) is 12.1 Å². The molecule has 8 nitrogen and oxygen atoms in total. The average molecular weight is 462 g/mol. The second-order valence-electron chi connectivity index (χ2n) is 8.04. The molecule has 0 fully saturated rings. The number of aliphatic hydroxyl groups is 1. The van der Waals surface area contributed by atoms with Gasteiger partial charge in [-0.15, -0.1) is 0 Å². The van der Waals surface area contributed by atoms with Crippen LogP contribution in [0.5, 0.6) is 0 Å². The number of benzene rings is 2. The second kappa shape index (κ2) is 8.31. The highest BCUT2D eigenvalue weighted by atomic mass is 19.1. The van der Waals surface area contributed by atoms with Gasteiger partial charge in [0.05, 0.1) is 18.3 Å². The van der Waals surface area contributed by atoms with E-state index in [1.54, 1.807) is 19.2 Å². The van der Waals surface area contributed by atoms with Crippen molar-refractivity contribution in [1.29, 1.82) is 0 Å². The van der Waals surface area contributed by atoms with Crippen LogP contribution in [0.1, 0.15) is 18.5 Å². The van der Waals surface area contributed by atoms with Gasteiger partial charge in [-0.1, -0.05) is 36.4 Å². The van der Waals surface area contributed by atoms with Crippen LogP contribution in [0.3, 0.4) is 0 Å². The maximum absolute atomic E-state index is 14.8. The Morgan fingerprint density at radius 3 is 2.62 bits per heavy atom. The van der Waals surface area contributed by atoms with Crippen LogP contribution in [0, 0.1) is 11.6 Å². The van der Waals surface area contributed by atoms with E-state index in [-0.39, 0.29) is 12.1 Å². The van der Waals surface area contributed by atoms with Gasteiger partial charge in [0, 0.05) is 29.6 Å². The third-order valence-corrected chi connectivity index (χ3v) is 5.99. The predicted molar refractivity (Wildman–Crippen MR) is 120 cm³/mol. The Morgan fingerprint density at radius 2 is 1.91 bits per heavy atom. The van der Waals surface area contributed by atoms with Crippen LogP contribution >= 0.6 is 0 Å². The van der Waals surface area contributed by atoms with Crippen molar-refractivity contribution in [2.24, 2.45) is 0 Å². The van der Waals surface area contributed by atoms with Gasteiger partial charge < -0.3 is 5.11 Å². The molecule has 0 aliphatic rings. The van der Waals surface area contributed by atoms with Crippen LogP contribution in [0.2, 0.25) is 0 Å². The molecule has 0 aliphatic carbocycles. The van der Waals surface area contributed by atoms with Gasteiger partial charge in [-0.2, -0.15) is 5.10 Å². The van der Waals surface area contributed by atoms with Gasteiger partial charge in [-0.3, -0.25) is 8.97 Å². The first-order valence-electron chi connectivity index (χ1n) is 10.5. The van der Waals surface area contributed by atoms with Gasteiger partial charge in [-0.05, 0) is 19.1 Å². The van der Waals surface area contributed by atoms with Crippen molar-refractivity contribution in [2.45, 2.75) is 25.1 Å². The molecule has 3 heterocycles. The summed E-state index contributed by atoms with van der Waals surface area (Å²) in [5.41, 5.74) is -0.711. The highest BCUT2D eigenvalue weighted by molar-refractivity contribution is 5.62. The third-order valence-electron chi connectivity index (χ3n) is 5.99. The number of halogens is 2. The first-order chi connectivity index (χ1) is 16.4. The first-order valence-corrected chi connectivity index (χ1v) is 10.5. The van der Waals surface area contributed by atoms with Crippen LogP contribution in [0.15, 0.2) is 84.4 Å². The molecular weight excluding hydrogens is 442 g/mol. The Labute approximate surface area is 192 Å². The van der Waals surface area contributed by atoms with E-state index < -0.39 is 29.0 Å². The molecule has 0 amide bonds. The molecule has 1 N–H and O–H groups in total. The molecule has 2 atom stereocenters. The van der Waals surface area contributed by atoms with E-state index in [2.05, 4.69) is 15.1 Å². The Kier molecular flexibility index (Phi) is 5.29. The number of nitrogens with zero attached hydrogens (tertiary/aromatic N) is 6. The number of hydrogen-bond donors (Lipinski definition) is 1. The van der Waals surface area contributed by atoms with Crippen LogP contribution in [-0.4, -0.2) is 33.8 Å². The SMILES string of the molecule is CC(n1ccc2nc(-c3ccccc3)cn2c1=O)C(O)(Cn1cncn1)c1ccc(F)cc1F. The molecule has 0 saturated carbocycles. The quantitative estimate of drug-likeness (QED) is 0.419. The van der Waals surface area contributed by atoms with E-state index >= 15 is 0 Å². The average Bonchev–Trinajstić information content (AvgIpc) is 3.49. The molecule has 0 spiro atoms. The minimum Gasteiger partial charge on any atom is -0.381 e.